The highest BCUT2D eigenvalue weighted by atomic mass is 32.2. The lowest BCUT2D eigenvalue weighted by molar-refractivity contribution is -0.147. The molecule has 1 aliphatic rings. The van der Waals surface area contributed by atoms with Gasteiger partial charge in [-0.3, -0.25) is 15.1 Å². The molecule has 1 aromatic carbocycles. The molecule has 1 amide bonds. The van der Waals surface area contributed by atoms with Gasteiger partial charge in [0.2, 0.25) is 10.0 Å². The Hall–Kier alpha value is -3.35. The van der Waals surface area contributed by atoms with Crippen LogP contribution in [0.15, 0.2) is 53.7 Å². The zero-order valence-electron chi connectivity index (χ0n) is 27.4. The molecule has 1 aliphatic carbocycles. The monoisotopic (exact) mass is 670 g/mol. The number of nitrogens with zero attached hydrogens (tertiary/aromatic N) is 2. The number of unbranched alkanes of at least 4 members (excludes halogenated alkanes) is 1. The van der Waals surface area contributed by atoms with Crippen LogP contribution in [-0.4, -0.2) is 42.1 Å². The Morgan fingerprint density at radius 3 is 2.48 bits per heavy atom. The van der Waals surface area contributed by atoms with E-state index in [1.54, 1.807) is 63.5 Å². The number of anilines is 1. The Bertz CT molecular complexity index is 1560. The number of hydrogen-bond acceptors (Lipinski definition) is 9. The number of esters is 1. The molecule has 250 valence electrons. The molecule has 1 fully saturated rings. The molecular formula is C34H46N4O6S2. The Morgan fingerprint density at radius 2 is 1.80 bits per heavy atom. The maximum absolute atomic E-state index is 13.6. The van der Waals surface area contributed by atoms with E-state index < -0.39 is 21.7 Å². The third kappa shape index (κ3) is 10.9. The summed E-state index contributed by atoms with van der Waals surface area (Å²) in [7, 11) is -3.96. The fourth-order valence-electron chi connectivity index (χ4n) is 5.58. The smallest absolute Gasteiger partial charge is 0.412 e. The van der Waals surface area contributed by atoms with Crippen molar-refractivity contribution in [2.24, 2.45) is 5.92 Å². The van der Waals surface area contributed by atoms with Crippen molar-refractivity contribution >= 4 is 39.1 Å². The van der Waals surface area contributed by atoms with Gasteiger partial charge in [0.05, 0.1) is 26.6 Å². The van der Waals surface area contributed by atoms with Crippen molar-refractivity contribution in [2.75, 3.05) is 5.32 Å². The minimum atomic E-state index is -3.96. The van der Waals surface area contributed by atoms with E-state index >= 15 is 0 Å². The van der Waals surface area contributed by atoms with Gasteiger partial charge in [-0.05, 0) is 96.9 Å². The van der Waals surface area contributed by atoms with Crippen molar-refractivity contribution in [1.29, 1.82) is 0 Å². The highest BCUT2D eigenvalue weighted by Crippen LogP contribution is 2.42. The van der Waals surface area contributed by atoms with E-state index in [0.29, 0.717) is 35.2 Å². The Labute approximate surface area is 276 Å². The highest BCUT2D eigenvalue weighted by molar-refractivity contribution is 7.89. The van der Waals surface area contributed by atoms with E-state index in [0.717, 1.165) is 54.8 Å². The number of aromatic nitrogens is 2. The van der Waals surface area contributed by atoms with E-state index in [4.69, 9.17) is 14.5 Å². The normalized spacial score (nSPS) is 17.1. The van der Waals surface area contributed by atoms with Gasteiger partial charge in [0.1, 0.15) is 6.61 Å². The molecular weight excluding hydrogens is 625 g/mol. The summed E-state index contributed by atoms with van der Waals surface area (Å²) in [5.74, 6) is 0.861. The van der Waals surface area contributed by atoms with Crippen LogP contribution in [0.3, 0.4) is 0 Å². The molecule has 3 aromatic rings. The van der Waals surface area contributed by atoms with Gasteiger partial charge in [0, 0.05) is 41.5 Å². The van der Waals surface area contributed by atoms with Crippen LogP contribution >= 0.6 is 11.3 Å². The van der Waals surface area contributed by atoms with Crippen molar-refractivity contribution in [3.63, 3.8) is 0 Å². The molecule has 10 nitrogen and oxygen atoms in total. The average molecular weight is 671 g/mol. The molecule has 46 heavy (non-hydrogen) atoms. The van der Waals surface area contributed by atoms with Gasteiger partial charge in [-0.2, -0.15) is 0 Å². The second-order valence-electron chi connectivity index (χ2n) is 13.2. The first-order valence-corrected chi connectivity index (χ1v) is 18.3. The summed E-state index contributed by atoms with van der Waals surface area (Å²) in [6.07, 6.45) is 10.4. The van der Waals surface area contributed by atoms with Crippen LogP contribution in [-0.2, 0) is 30.9 Å². The van der Waals surface area contributed by atoms with Crippen LogP contribution in [0.4, 0.5) is 10.5 Å². The number of benzene rings is 1. The number of ether oxygens (including phenoxy) is 2. The molecule has 0 atom stereocenters. The van der Waals surface area contributed by atoms with E-state index in [1.807, 2.05) is 13.8 Å². The van der Waals surface area contributed by atoms with Crippen molar-refractivity contribution in [3.8, 4) is 10.4 Å². The SMILES string of the molecule is CC(C)OC(=O)CCCCC1CCC(c2ncc(-c3ccc(NC(=O)OCc4ccccn4)cc3S(=O)(=O)NC(C)(C)C)s2)CC1. The van der Waals surface area contributed by atoms with E-state index in [-0.39, 0.29) is 23.6 Å². The first-order valence-electron chi connectivity index (χ1n) is 16.0. The van der Waals surface area contributed by atoms with Crippen LogP contribution in [0.5, 0.6) is 0 Å². The Morgan fingerprint density at radius 1 is 1.04 bits per heavy atom. The lowest BCUT2D eigenvalue weighted by atomic mass is 9.80. The number of hydrogen-bond donors (Lipinski definition) is 2. The number of carbonyl (C=O) groups is 2. The molecule has 0 aliphatic heterocycles. The average Bonchev–Trinajstić information content (AvgIpc) is 3.48. The zero-order chi connectivity index (χ0) is 33.3. The third-order valence-electron chi connectivity index (χ3n) is 7.63. The molecule has 0 bridgehead atoms. The van der Waals surface area contributed by atoms with Gasteiger partial charge < -0.3 is 9.47 Å². The van der Waals surface area contributed by atoms with Crippen LogP contribution in [0, 0.1) is 5.92 Å². The van der Waals surface area contributed by atoms with E-state index in [9.17, 15) is 18.0 Å². The summed E-state index contributed by atoms with van der Waals surface area (Å²) in [5.41, 5.74) is 0.707. The highest BCUT2D eigenvalue weighted by Gasteiger charge is 2.28. The van der Waals surface area contributed by atoms with Crippen LogP contribution in [0.25, 0.3) is 10.4 Å². The fourth-order valence-corrected chi connectivity index (χ4v) is 8.44. The third-order valence-corrected chi connectivity index (χ3v) is 10.6. The van der Waals surface area contributed by atoms with E-state index in [2.05, 4.69) is 15.0 Å². The molecule has 0 unspecified atom stereocenters. The van der Waals surface area contributed by atoms with Gasteiger partial charge in [-0.15, -0.1) is 11.3 Å². The molecule has 2 aromatic heterocycles. The van der Waals surface area contributed by atoms with Gasteiger partial charge in [-0.1, -0.05) is 25.0 Å². The minimum Gasteiger partial charge on any atom is -0.463 e. The minimum absolute atomic E-state index is 0.0120. The molecule has 1 saturated carbocycles. The molecule has 4 rings (SSSR count). The predicted molar refractivity (Wildman–Crippen MR) is 180 cm³/mol. The van der Waals surface area contributed by atoms with Crippen LogP contribution in [0.1, 0.15) is 103 Å². The van der Waals surface area contributed by atoms with Gasteiger partial charge in [0.25, 0.3) is 0 Å². The van der Waals surface area contributed by atoms with Crippen molar-refractivity contribution in [1.82, 2.24) is 14.7 Å². The predicted octanol–water partition coefficient (Wildman–Crippen LogP) is 7.82. The first kappa shape index (κ1) is 35.5. The number of amides is 1. The molecule has 2 N–H and O–H groups in total. The van der Waals surface area contributed by atoms with Crippen molar-refractivity contribution in [2.45, 2.75) is 115 Å². The fraction of sp³-hybridized carbons (Fsp3) is 0.529. The Kier molecular flexibility index (Phi) is 12.3. The molecule has 12 heteroatoms. The lowest BCUT2D eigenvalue weighted by Crippen LogP contribution is -2.40. The quantitative estimate of drug-likeness (QED) is 0.139. The van der Waals surface area contributed by atoms with Crippen LogP contribution in [0.2, 0.25) is 0 Å². The zero-order valence-corrected chi connectivity index (χ0v) is 29.0. The second-order valence-corrected chi connectivity index (χ2v) is 15.9. The van der Waals surface area contributed by atoms with Gasteiger partial charge in [0.15, 0.2) is 0 Å². The van der Waals surface area contributed by atoms with Crippen molar-refractivity contribution < 1.29 is 27.5 Å². The number of rotatable bonds is 13. The molecule has 0 radical (unpaired) electrons. The Balaban J connectivity index is 1.41. The van der Waals surface area contributed by atoms with Gasteiger partial charge >= 0.3 is 12.1 Å². The topological polar surface area (TPSA) is 137 Å². The number of pyridine rings is 1. The van der Waals surface area contributed by atoms with E-state index in [1.165, 1.54) is 17.4 Å². The summed E-state index contributed by atoms with van der Waals surface area (Å²) < 4.78 is 40.5. The van der Waals surface area contributed by atoms with Crippen LogP contribution < -0.4 is 10.0 Å². The summed E-state index contributed by atoms with van der Waals surface area (Å²) >= 11 is 1.52. The summed E-state index contributed by atoms with van der Waals surface area (Å²) in [5, 5.41) is 3.65. The number of thiazole rings is 1. The summed E-state index contributed by atoms with van der Waals surface area (Å²) in [6.45, 7) is 9.07. The first-order chi connectivity index (χ1) is 21.8. The largest absolute Gasteiger partial charge is 0.463 e. The number of sulfonamides is 1. The maximum Gasteiger partial charge on any atom is 0.412 e. The van der Waals surface area contributed by atoms with Crippen molar-refractivity contribution in [3.05, 3.63) is 59.5 Å². The standard InChI is InChI=1S/C34H46N4O6S2/c1-23(2)44-31(39)12-7-6-10-24-13-15-25(16-14-24)32-36-21-29(45-32)28-18-17-26(20-30(28)46(41,42)38-34(3,4)5)37-33(40)43-22-27-11-8-9-19-35-27/h8-9,11,17-21,23-25,38H,6-7,10,12-16,22H2,1-5H3,(H,37,40). The lowest BCUT2D eigenvalue weighted by Gasteiger charge is -2.27. The maximum atomic E-state index is 13.6. The molecule has 2 heterocycles. The molecule has 0 saturated heterocycles. The number of carbonyl (C=O) groups excluding carboxylic acids is 2. The second kappa shape index (κ2) is 16.0. The van der Waals surface area contributed by atoms with Gasteiger partial charge in [-0.25, -0.2) is 22.9 Å². The summed E-state index contributed by atoms with van der Waals surface area (Å²) in [6, 6.07) is 10.2. The summed E-state index contributed by atoms with van der Waals surface area (Å²) in [4.78, 5) is 34.0. The molecule has 0 spiro atoms. The number of nitrogens with one attached hydrogen (secondary N) is 2.